The second-order valence-corrected chi connectivity index (χ2v) is 12.2. The van der Waals surface area contributed by atoms with Gasteiger partial charge in [0.2, 0.25) is 0 Å². The maximum absolute atomic E-state index is 13.6. The second kappa shape index (κ2) is 13.1. The van der Waals surface area contributed by atoms with Gasteiger partial charge in [-0.2, -0.15) is 0 Å². The van der Waals surface area contributed by atoms with Gasteiger partial charge in [-0.15, -0.1) is 12.6 Å². The highest BCUT2D eigenvalue weighted by atomic mass is 32.1. The molecule has 0 bridgehead atoms. The van der Waals surface area contributed by atoms with Gasteiger partial charge < -0.3 is 4.90 Å². The number of nitrogens with zero attached hydrogens (tertiary/aromatic N) is 4. The zero-order chi connectivity index (χ0) is 33.2. The highest BCUT2D eigenvalue weighted by molar-refractivity contribution is 7.80. The van der Waals surface area contributed by atoms with Crippen molar-refractivity contribution in [3.8, 4) is 0 Å². The third kappa shape index (κ3) is 6.24. The van der Waals surface area contributed by atoms with Gasteiger partial charge in [0.15, 0.2) is 11.6 Å². The lowest BCUT2D eigenvalue weighted by molar-refractivity contribution is 0.0979. The highest BCUT2D eigenvalue weighted by Crippen LogP contribution is 2.33. The number of fused-ring (bicyclic) bond motifs is 3. The first-order valence-electron chi connectivity index (χ1n) is 15.4. The van der Waals surface area contributed by atoms with Crippen LogP contribution in [0.15, 0.2) is 141 Å². The van der Waals surface area contributed by atoms with E-state index in [9.17, 15) is 9.59 Å². The highest BCUT2D eigenvalue weighted by Gasteiger charge is 2.30. The molecular weight excluding hydrogens is 613 g/mol. The number of carbonyl (C=O) groups is 2. The van der Waals surface area contributed by atoms with E-state index in [4.69, 9.17) is 4.99 Å². The molecule has 0 spiro atoms. The van der Waals surface area contributed by atoms with Gasteiger partial charge >= 0.3 is 0 Å². The van der Waals surface area contributed by atoms with E-state index in [0.717, 1.165) is 43.7 Å². The van der Waals surface area contributed by atoms with Crippen molar-refractivity contribution in [1.29, 1.82) is 0 Å². The minimum atomic E-state index is -0.204. The predicted molar refractivity (Wildman–Crippen MR) is 200 cm³/mol. The molecule has 0 heterocycles. The Kier molecular flexibility index (Phi) is 8.36. The summed E-state index contributed by atoms with van der Waals surface area (Å²) in [6.45, 7) is 0. The molecule has 1 aliphatic rings. The van der Waals surface area contributed by atoms with Crippen LogP contribution in [0.1, 0.15) is 48.5 Å². The Bertz CT molecular complexity index is 2300. The van der Waals surface area contributed by atoms with Gasteiger partial charge in [-0.3, -0.25) is 24.6 Å². The minimum Gasteiger partial charge on any atom is -0.377 e. The summed E-state index contributed by atoms with van der Waals surface area (Å²) in [5.41, 5.74) is 7.43. The molecule has 0 fully saturated rings. The van der Waals surface area contributed by atoms with Crippen LogP contribution in [0.25, 0.3) is 10.8 Å². The van der Waals surface area contributed by atoms with Crippen LogP contribution in [-0.2, 0) is 0 Å². The number of benzene rings is 6. The summed E-state index contributed by atoms with van der Waals surface area (Å²) in [4.78, 5) is 43.9. The van der Waals surface area contributed by atoms with Gasteiger partial charge in [0.1, 0.15) is 0 Å². The van der Waals surface area contributed by atoms with E-state index >= 15 is 0 Å². The smallest absolute Gasteiger partial charge is 0.194 e. The monoisotopic (exact) mass is 642 g/mol. The summed E-state index contributed by atoms with van der Waals surface area (Å²) < 4.78 is 0. The molecule has 0 N–H and O–H groups in total. The molecule has 0 aromatic heterocycles. The molecule has 0 saturated heterocycles. The zero-order valence-electron chi connectivity index (χ0n) is 26.3. The van der Waals surface area contributed by atoms with Gasteiger partial charge in [-0.05, 0) is 83.2 Å². The third-order valence-corrected chi connectivity index (χ3v) is 8.56. The number of hydrogen-bond donors (Lipinski definition) is 1. The summed E-state index contributed by atoms with van der Waals surface area (Å²) >= 11 is 4.30. The largest absolute Gasteiger partial charge is 0.377 e. The van der Waals surface area contributed by atoms with Crippen molar-refractivity contribution in [3.63, 3.8) is 0 Å². The van der Waals surface area contributed by atoms with E-state index in [0.29, 0.717) is 33.6 Å². The molecule has 48 heavy (non-hydrogen) atoms. The summed E-state index contributed by atoms with van der Waals surface area (Å²) in [7, 11) is 4.05. The number of aliphatic imine (C=N–C) groups is 3. The van der Waals surface area contributed by atoms with Crippen LogP contribution >= 0.6 is 12.6 Å². The summed E-state index contributed by atoms with van der Waals surface area (Å²) in [6, 6.07) is 38.1. The van der Waals surface area contributed by atoms with Crippen molar-refractivity contribution in [3.05, 3.63) is 160 Å². The van der Waals surface area contributed by atoms with E-state index < -0.39 is 0 Å². The van der Waals surface area contributed by atoms with E-state index in [2.05, 4.69) is 45.7 Å². The minimum absolute atomic E-state index is 0.202. The maximum atomic E-state index is 13.6. The fraction of sp³-hybridized carbons (Fsp3) is 0.0488. The van der Waals surface area contributed by atoms with Crippen LogP contribution in [-0.4, -0.2) is 44.3 Å². The zero-order valence-corrected chi connectivity index (χ0v) is 27.2. The molecule has 0 amide bonds. The molecule has 0 radical (unpaired) electrons. The maximum Gasteiger partial charge on any atom is 0.194 e. The SMILES string of the molecule is CN(C)c1ccc(C=Nc2ccc3c(c2)C(=O)c2ccc(N=Cc4ccc(C=Nc5ccc(S)cc5)cc4)cc2C3=O)c2ccccc12. The Labute approximate surface area is 284 Å². The first-order valence-corrected chi connectivity index (χ1v) is 15.9. The predicted octanol–water partition coefficient (Wildman–Crippen LogP) is 9.22. The number of thiol groups is 1. The number of ketones is 2. The lowest BCUT2D eigenvalue weighted by atomic mass is 9.83. The number of carbonyl (C=O) groups excluding carboxylic acids is 2. The average molecular weight is 643 g/mol. The van der Waals surface area contributed by atoms with Crippen LogP contribution in [0.5, 0.6) is 0 Å². The van der Waals surface area contributed by atoms with E-state index in [1.165, 1.54) is 0 Å². The van der Waals surface area contributed by atoms with E-state index in [-0.39, 0.29) is 11.6 Å². The van der Waals surface area contributed by atoms with Crippen LogP contribution in [0.3, 0.4) is 0 Å². The number of anilines is 1. The molecule has 0 saturated carbocycles. The molecule has 6 aromatic rings. The molecule has 232 valence electrons. The molecule has 7 heteroatoms. The van der Waals surface area contributed by atoms with Gasteiger partial charge in [0.25, 0.3) is 0 Å². The number of hydrogen-bond acceptors (Lipinski definition) is 7. The first-order chi connectivity index (χ1) is 23.3. The standard InChI is InChI=1S/C41H30N4O2S/c1-45(2)39-20-11-28(33-5-3-4-6-34(33)39)25-44-31-15-19-36-38(22-31)41(47)35-18-14-30(21-37(35)40(36)46)43-24-27-9-7-26(8-10-27)23-42-29-12-16-32(48)17-13-29/h3-25,48H,1-2H3. The Morgan fingerprint density at radius 3 is 1.58 bits per heavy atom. The Hall–Kier alpha value is -5.92. The van der Waals surface area contributed by atoms with Crippen LogP contribution in [0, 0.1) is 0 Å². The van der Waals surface area contributed by atoms with Gasteiger partial charge in [0, 0.05) is 76.5 Å². The molecule has 0 unspecified atom stereocenters. The van der Waals surface area contributed by atoms with Gasteiger partial charge in [0.05, 0.1) is 17.1 Å². The second-order valence-electron chi connectivity index (χ2n) is 11.7. The normalized spacial score (nSPS) is 12.7. The van der Waals surface area contributed by atoms with Gasteiger partial charge in [-0.1, -0.05) is 54.6 Å². The third-order valence-electron chi connectivity index (χ3n) is 8.27. The topological polar surface area (TPSA) is 74.5 Å². The molecule has 7 rings (SSSR count). The first kappa shape index (κ1) is 30.7. The van der Waals surface area contributed by atoms with Crippen molar-refractivity contribution in [2.75, 3.05) is 19.0 Å². The van der Waals surface area contributed by atoms with E-state index in [1.54, 1.807) is 55.0 Å². The van der Waals surface area contributed by atoms with Crippen LogP contribution in [0.2, 0.25) is 0 Å². The van der Waals surface area contributed by atoms with Crippen molar-refractivity contribution in [2.24, 2.45) is 15.0 Å². The van der Waals surface area contributed by atoms with Crippen molar-refractivity contribution >= 4 is 76.4 Å². The van der Waals surface area contributed by atoms with Crippen LogP contribution in [0.4, 0.5) is 22.7 Å². The Balaban J connectivity index is 1.08. The Morgan fingerprint density at radius 1 is 0.521 bits per heavy atom. The van der Waals surface area contributed by atoms with Crippen LogP contribution < -0.4 is 4.90 Å². The molecule has 0 atom stereocenters. The van der Waals surface area contributed by atoms with E-state index in [1.807, 2.05) is 80.8 Å². The molecule has 1 aliphatic carbocycles. The summed E-state index contributed by atoms with van der Waals surface area (Å²) in [5, 5.41) is 2.22. The number of rotatable bonds is 7. The molecule has 6 aromatic carbocycles. The van der Waals surface area contributed by atoms with Crippen molar-refractivity contribution < 1.29 is 9.59 Å². The summed E-state index contributed by atoms with van der Waals surface area (Å²) in [6.07, 6.45) is 5.35. The molecular formula is C41H30N4O2S. The van der Waals surface area contributed by atoms with Crippen molar-refractivity contribution in [2.45, 2.75) is 4.90 Å². The van der Waals surface area contributed by atoms with Crippen molar-refractivity contribution in [1.82, 2.24) is 0 Å². The van der Waals surface area contributed by atoms with Gasteiger partial charge in [-0.25, -0.2) is 0 Å². The summed E-state index contributed by atoms with van der Waals surface area (Å²) in [5.74, 6) is -0.406. The fourth-order valence-electron chi connectivity index (χ4n) is 5.75. The molecule has 0 aliphatic heterocycles. The Morgan fingerprint density at radius 2 is 1.02 bits per heavy atom. The lowest BCUT2D eigenvalue weighted by Crippen LogP contribution is -2.20. The quantitative estimate of drug-likeness (QED) is 0.139. The lowest BCUT2D eigenvalue weighted by Gasteiger charge is -2.18. The fourth-order valence-corrected chi connectivity index (χ4v) is 5.89. The molecule has 6 nitrogen and oxygen atoms in total. The average Bonchev–Trinajstić information content (AvgIpc) is 3.12.